The lowest BCUT2D eigenvalue weighted by atomic mass is 10.0. The molecule has 20 heavy (non-hydrogen) atoms. The van der Waals surface area contributed by atoms with Crippen LogP contribution in [0.4, 0.5) is 5.69 Å². The maximum Gasteiger partial charge on any atom is 0.244 e. The zero-order valence-electron chi connectivity index (χ0n) is 10.7. The highest BCUT2D eigenvalue weighted by molar-refractivity contribution is 7.17. The zero-order chi connectivity index (χ0) is 13.9. The highest BCUT2D eigenvalue weighted by Gasteiger charge is 2.20. The van der Waals surface area contributed by atoms with Crippen molar-refractivity contribution >= 4 is 33.0 Å². The molecule has 0 saturated carbocycles. The van der Waals surface area contributed by atoms with Crippen molar-refractivity contribution in [3.8, 4) is 0 Å². The predicted molar refractivity (Wildman–Crippen MR) is 83.8 cm³/mol. The summed E-state index contributed by atoms with van der Waals surface area (Å²) in [4.78, 5) is 11.8. The molecule has 3 rings (SSSR count). The minimum Gasteiger partial charge on any atom is -0.370 e. The van der Waals surface area contributed by atoms with Gasteiger partial charge in [0.25, 0.3) is 0 Å². The number of carbonyl (C=O) groups is 1. The third-order valence-corrected chi connectivity index (χ3v) is 4.17. The number of hydrogen-bond acceptors (Lipinski definition) is 3. The van der Waals surface area contributed by atoms with Crippen LogP contribution in [0, 0.1) is 0 Å². The third kappa shape index (κ3) is 2.38. The summed E-state index contributed by atoms with van der Waals surface area (Å²) in [5, 5.41) is 6.28. The Morgan fingerprint density at radius 2 is 1.75 bits per heavy atom. The Kier molecular flexibility index (Phi) is 3.39. The molecule has 3 nitrogen and oxygen atoms in total. The molecule has 1 heterocycles. The van der Waals surface area contributed by atoms with Crippen LogP contribution in [-0.2, 0) is 4.79 Å². The van der Waals surface area contributed by atoms with Gasteiger partial charge in [-0.15, -0.1) is 11.3 Å². The second kappa shape index (κ2) is 5.35. The Bertz CT molecular complexity index is 736. The van der Waals surface area contributed by atoms with E-state index < -0.39 is 6.04 Å². The van der Waals surface area contributed by atoms with E-state index in [1.54, 1.807) is 11.3 Å². The molecule has 1 amide bonds. The Morgan fingerprint density at radius 1 is 1.05 bits per heavy atom. The van der Waals surface area contributed by atoms with Gasteiger partial charge in [-0.25, -0.2) is 0 Å². The number of fused-ring (bicyclic) bond motifs is 1. The van der Waals surface area contributed by atoms with Gasteiger partial charge >= 0.3 is 0 Å². The lowest BCUT2D eigenvalue weighted by molar-refractivity contribution is -0.118. The van der Waals surface area contributed by atoms with Gasteiger partial charge in [0.2, 0.25) is 5.91 Å². The molecule has 0 aliphatic carbocycles. The van der Waals surface area contributed by atoms with Crippen LogP contribution in [-0.4, -0.2) is 5.91 Å². The van der Waals surface area contributed by atoms with E-state index in [9.17, 15) is 4.79 Å². The smallest absolute Gasteiger partial charge is 0.244 e. The van der Waals surface area contributed by atoms with Gasteiger partial charge in [-0.3, -0.25) is 4.79 Å². The summed E-state index contributed by atoms with van der Waals surface area (Å²) in [6.45, 7) is 0. The number of hydrogen-bond donors (Lipinski definition) is 2. The second-order valence-corrected chi connectivity index (χ2v) is 5.44. The van der Waals surface area contributed by atoms with E-state index >= 15 is 0 Å². The van der Waals surface area contributed by atoms with Crippen LogP contribution < -0.4 is 11.1 Å². The number of para-hydroxylation sites is 1. The molecule has 0 saturated heterocycles. The Labute approximate surface area is 121 Å². The summed E-state index contributed by atoms with van der Waals surface area (Å²) in [7, 11) is 0. The Hall–Kier alpha value is -2.33. The van der Waals surface area contributed by atoms with E-state index in [0.29, 0.717) is 0 Å². The van der Waals surface area contributed by atoms with Gasteiger partial charge in [-0.05, 0) is 29.0 Å². The van der Waals surface area contributed by atoms with Crippen LogP contribution in [0.2, 0.25) is 0 Å². The number of carbonyl (C=O) groups excluding carboxylic acids is 1. The first kappa shape index (κ1) is 12.7. The first-order chi connectivity index (χ1) is 9.75. The first-order valence-corrected chi connectivity index (χ1v) is 7.21. The summed E-state index contributed by atoms with van der Waals surface area (Å²) in [6.07, 6.45) is 0. The zero-order valence-corrected chi connectivity index (χ0v) is 11.6. The average molecular weight is 282 g/mol. The van der Waals surface area contributed by atoms with Gasteiger partial charge in [0.1, 0.15) is 6.04 Å². The number of anilines is 1. The fourth-order valence-corrected chi connectivity index (χ4v) is 3.21. The molecule has 0 bridgehead atoms. The Balaban J connectivity index is 2.01. The molecule has 0 spiro atoms. The lowest BCUT2D eigenvalue weighted by Gasteiger charge is -2.16. The Morgan fingerprint density at radius 3 is 2.50 bits per heavy atom. The number of nitrogens with two attached hydrogens (primary N) is 1. The number of nitrogens with one attached hydrogen (secondary N) is 1. The maximum atomic E-state index is 11.8. The monoisotopic (exact) mass is 282 g/mol. The average Bonchev–Trinajstić information content (AvgIpc) is 2.89. The summed E-state index contributed by atoms with van der Waals surface area (Å²) in [5.74, 6) is -0.377. The summed E-state index contributed by atoms with van der Waals surface area (Å²) >= 11 is 1.62. The van der Waals surface area contributed by atoms with E-state index in [-0.39, 0.29) is 5.91 Å². The van der Waals surface area contributed by atoms with Crippen LogP contribution in [0.15, 0.2) is 60.0 Å². The van der Waals surface area contributed by atoms with Crippen LogP contribution in [0.25, 0.3) is 10.1 Å². The largest absolute Gasteiger partial charge is 0.370 e. The SMILES string of the molecule is NC(=O)C(Nc1ccccc1)c1csc2ccccc12. The maximum absolute atomic E-state index is 11.8. The van der Waals surface area contributed by atoms with E-state index in [2.05, 4.69) is 5.32 Å². The summed E-state index contributed by atoms with van der Waals surface area (Å²) in [5.41, 5.74) is 7.38. The fraction of sp³-hybridized carbons (Fsp3) is 0.0625. The molecule has 0 aliphatic rings. The molecule has 1 aromatic heterocycles. The molecule has 1 unspecified atom stereocenters. The molecular formula is C16H14N2OS. The van der Waals surface area contributed by atoms with Crippen molar-refractivity contribution in [3.63, 3.8) is 0 Å². The van der Waals surface area contributed by atoms with Gasteiger partial charge in [0.05, 0.1) is 0 Å². The molecule has 3 aromatic rings. The van der Waals surface area contributed by atoms with E-state index in [4.69, 9.17) is 5.73 Å². The van der Waals surface area contributed by atoms with Gasteiger partial charge in [0, 0.05) is 16.0 Å². The quantitative estimate of drug-likeness (QED) is 0.769. The van der Waals surface area contributed by atoms with Crippen LogP contribution in [0.5, 0.6) is 0 Å². The molecule has 0 radical (unpaired) electrons. The van der Waals surface area contributed by atoms with Gasteiger partial charge < -0.3 is 11.1 Å². The van der Waals surface area contributed by atoms with E-state index in [0.717, 1.165) is 21.3 Å². The van der Waals surface area contributed by atoms with Crippen molar-refractivity contribution < 1.29 is 4.79 Å². The number of thiophene rings is 1. The van der Waals surface area contributed by atoms with E-state index in [1.165, 1.54) is 0 Å². The number of amides is 1. The fourth-order valence-electron chi connectivity index (χ4n) is 2.23. The molecule has 0 fully saturated rings. The normalized spacial score (nSPS) is 12.2. The van der Waals surface area contributed by atoms with Crippen LogP contribution >= 0.6 is 11.3 Å². The third-order valence-electron chi connectivity index (χ3n) is 3.19. The summed E-state index contributed by atoms with van der Waals surface area (Å²) in [6, 6.07) is 17.1. The molecule has 4 heteroatoms. The topological polar surface area (TPSA) is 55.1 Å². The summed E-state index contributed by atoms with van der Waals surface area (Å²) < 4.78 is 1.16. The molecule has 0 aliphatic heterocycles. The number of benzene rings is 2. The lowest BCUT2D eigenvalue weighted by Crippen LogP contribution is -2.27. The standard InChI is InChI=1S/C16H14N2OS/c17-16(19)15(18-11-6-2-1-3-7-11)13-10-20-14-9-5-4-8-12(13)14/h1-10,15,18H,(H2,17,19). The molecule has 1 atom stereocenters. The second-order valence-electron chi connectivity index (χ2n) is 4.53. The van der Waals surface area contributed by atoms with Crippen LogP contribution in [0.3, 0.4) is 0 Å². The molecule has 100 valence electrons. The van der Waals surface area contributed by atoms with Crippen molar-refractivity contribution in [1.82, 2.24) is 0 Å². The first-order valence-electron chi connectivity index (χ1n) is 6.33. The number of primary amides is 1. The predicted octanol–water partition coefficient (Wildman–Crippen LogP) is 3.54. The van der Waals surface area contributed by atoms with Gasteiger partial charge in [0.15, 0.2) is 0 Å². The molecule has 2 aromatic carbocycles. The van der Waals surface area contributed by atoms with Gasteiger partial charge in [-0.1, -0.05) is 36.4 Å². The van der Waals surface area contributed by atoms with Crippen LogP contribution in [0.1, 0.15) is 11.6 Å². The van der Waals surface area contributed by atoms with Crippen molar-refractivity contribution in [3.05, 3.63) is 65.5 Å². The van der Waals surface area contributed by atoms with Crippen molar-refractivity contribution in [1.29, 1.82) is 0 Å². The van der Waals surface area contributed by atoms with E-state index in [1.807, 2.05) is 60.0 Å². The minimum atomic E-state index is -0.520. The van der Waals surface area contributed by atoms with Crippen molar-refractivity contribution in [2.24, 2.45) is 5.73 Å². The molecular weight excluding hydrogens is 268 g/mol. The molecule has 3 N–H and O–H groups in total. The number of rotatable bonds is 4. The highest BCUT2D eigenvalue weighted by Crippen LogP contribution is 2.31. The van der Waals surface area contributed by atoms with Crippen molar-refractivity contribution in [2.45, 2.75) is 6.04 Å². The van der Waals surface area contributed by atoms with Crippen molar-refractivity contribution in [2.75, 3.05) is 5.32 Å². The van der Waals surface area contributed by atoms with Gasteiger partial charge in [-0.2, -0.15) is 0 Å². The minimum absolute atomic E-state index is 0.377. The highest BCUT2D eigenvalue weighted by atomic mass is 32.1.